The van der Waals surface area contributed by atoms with E-state index in [1.54, 1.807) is 4.90 Å². The van der Waals surface area contributed by atoms with Crippen molar-refractivity contribution in [1.82, 2.24) is 4.90 Å². The molecule has 1 heterocycles. The fraction of sp³-hybridized carbons (Fsp3) is 0.533. The summed E-state index contributed by atoms with van der Waals surface area (Å²) < 4.78 is 19.4. The molecule has 2 rings (SSSR count). The third-order valence-corrected chi connectivity index (χ3v) is 3.43. The van der Waals surface area contributed by atoms with Gasteiger partial charge in [-0.25, -0.2) is 4.39 Å². The molecule has 1 saturated heterocycles. The number of amides is 1. The highest BCUT2D eigenvalue weighted by Crippen LogP contribution is 2.24. The smallest absolute Gasteiger partial charge is 0.260 e. The minimum absolute atomic E-state index is 0.00145. The monoisotopic (exact) mass is 281 g/mol. The third-order valence-electron chi connectivity index (χ3n) is 3.43. The highest BCUT2D eigenvalue weighted by atomic mass is 19.1. The molecular formula is C15H20FNO3. The van der Waals surface area contributed by atoms with E-state index in [1.807, 2.05) is 6.92 Å². The summed E-state index contributed by atoms with van der Waals surface area (Å²) in [4.78, 5) is 13.9. The summed E-state index contributed by atoms with van der Waals surface area (Å²) in [5.74, 6) is -1.47. The second-order valence-electron chi connectivity index (χ2n) is 5.02. The molecule has 1 aliphatic heterocycles. The minimum atomic E-state index is -0.688. The third kappa shape index (κ3) is 3.28. The Labute approximate surface area is 118 Å². The highest BCUT2D eigenvalue weighted by molar-refractivity contribution is 5.97. The Morgan fingerprint density at radius 1 is 1.55 bits per heavy atom. The lowest BCUT2D eigenvalue weighted by atomic mass is 10.1. The summed E-state index contributed by atoms with van der Waals surface area (Å²) in [6.07, 6.45) is 2.67. The number of aromatic hydroxyl groups is 1. The quantitative estimate of drug-likeness (QED) is 0.922. The molecule has 0 aliphatic carbocycles. The predicted molar refractivity (Wildman–Crippen MR) is 73.2 cm³/mol. The Morgan fingerprint density at radius 3 is 3.05 bits per heavy atom. The van der Waals surface area contributed by atoms with Crippen molar-refractivity contribution in [3.8, 4) is 5.75 Å². The average Bonchev–Trinajstić information content (AvgIpc) is 2.45. The number of carbonyl (C=O) groups excluding carboxylic acids is 1. The van der Waals surface area contributed by atoms with E-state index in [1.165, 1.54) is 18.2 Å². The van der Waals surface area contributed by atoms with Crippen LogP contribution in [-0.4, -0.2) is 41.7 Å². The molecule has 0 saturated carbocycles. The molecule has 5 heteroatoms. The van der Waals surface area contributed by atoms with E-state index in [4.69, 9.17) is 4.74 Å². The van der Waals surface area contributed by atoms with E-state index in [2.05, 4.69) is 0 Å². The lowest BCUT2D eigenvalue weighted by Gasteiger charge is -2.32. The first-order valence-corrected chi connectivity index (χ1v) is 7.01. The lowest BCUT2D eigenvalue weighted by Crippen LogP contribution is -2.43. The summed E-state index contributed by atoms with van der Waals surface area (Å²) in [5.41, 5.74) is -0.247. The van der Waals surface area contributed by atoms with Crippen molar-refractivity contribution in [3.63, 3.8) is 0 Å². The second-order valence-corrected chi connectivity index (χ2v) is 5.02. The number of ether oxygens (including phenoxy) is 1. The van der Waals surface area contributed by atoms with Gasteiger partial charge < -0.3 is 14.7 Å². The number of phenols is 1. The van der Waals surface area contributed by atoms with Gasteiger partial charge in [0, 0.05) is 19.7 Å². The van der Waals surface area contributed by atoms with Crippen molar-refractivity contribution in [3.05, 3.63) is 29.6 Å². The molecule has 20 heavy (non-hydrogen) atoms. The Morgan fingerprint density at radius 2 is 2.35 bits per heavy atom. The van der Waals surface area contributed by atoms with Crippen molar-refractivity contribution in [1.29, 1.82) is 0 Å². The molecule has 1 aliphatic rings. The Balaban J connectivity index is 2.08. The van der Waals surface area contributed by atoms with Crippen molar-refractivity contribution >= 4 is 5.91 Å². The summed E-state index contributed by atoms with van der Waals surface area (Å²) >= 11 is 0. The first-order valence-electron chi connectivity index (χ1n) is 7.01. The minimum Gasteiger partial charge on any atom is -0.507 e. The van der Waals surface area contributed by atoms with Crippen molar-refractivity contribution in [2.45, 2.75) is 32.3 Å². The standard InChI is InChI=1S/C15H20FNO3/c1-2-9-20-11-5-4-8-17(10-11)15(19)14-12(16)6-3-7-13(14)18/h3,6-7,11,18H,2,4-5,8-10H2,1H3. The Bertz CT molecular complexity index is 458. The molecule has 110 valence electrons. The molecule has 0 radical (unpaired) electrons. The molecule has 1 fully saturated rings. The van der Waals surface area contributed by atoms with Crippen LogP contribution in [0.2, 0.25) is 0 Å². The molecule has 1 N–H and O–H groups in total. The van der Waals surface area contributed by atoms with Gasteiger partial charge >= 0.3 is 0 Å². The normalized spacial score (nSPS) is 19.1. The van der Waals surface area contributed by atoms with E-state index < -0.39 is 11.7 Å². The largest absolute Gasteiger partial charge is 0.507 e. The zero-order valence-electron chi connectivity index (χ0n) is 11.6. The number of benzene rings is 1. The van der Waals surface area contributed by atoms with Gasteiger partial charge in [-0.1, -0.05) is 13.0 Å². The number of carbonyl (C=O) groups is 1. The van der Waals surface area contributed by atoms with Crippen LogP contribution in [0, 0.1) is 5.82 Å². The number of hydrogen-bond acceptors (Lipinski definition) is 3. The van der Waals surface area contributed by atoms with Gasteiger partial charge in [0.05, 0.1) is 6.10 Å². The van der Waals surface area contributed by atoms with Crippen LogP contribution in [-0.2, 0) is 4.74 Å². The van der Waals surface area contributed by atoms with Gasteiger partial charge in [0.15, 0.2) is 0 Å². The number of halogens is 1. The van der Waals surface area contributed by atoms with Gasteiger partial charge in [-0.2, -0.15) is 0 Å². The molecule has 1 unspecified atom stereocenters. The maximum atomic E-state index is 13.7. The summed E-state index contributed by atoms with van der Waals surface area (Å²) in [6.45, 7) is 3.71. The van der Waals surface area contributed by atoms with Gasteiger partial charge in [-0.3, -0.25) is 4.79 Å². The molecule has 1 aromatic carbocycles. The number of phenolic OH excluding ortho intramolecular Hbond substituents is 1. The van der Waals surface area contributed by atoms with Gasteiger partial charge in [0.2, 0.25) is 0 Å². The number of nitrogens with zero attached hydrogens (tertiary/aromatic N) is 1. The van der Waals surface area contributed by atoms with Crippen LogP contribution in [0.15, 0.2) is 18.2 Å². The van der Waals surface area contributed by atoms with E-state index in [-0.39, 0.29) is 17.4 Å². The molecule has 1 amide bonds. The van der Waals surface area contributed by atoms with Crippen LogP contribution in [0.3, 0.4) is 0 Å². The van der Waals surface area contributed by atoms with Crippen molar-refractivity contribution in [2.24, 2.45) is 0 Å². The Kier molecular flexibility index (Phi) is 4.95. The number of hydrogen-bond donors (Lipinski definition) is 1. The van der Waals surface area contributed by atoms with Crippen molar-refractivity contribution < 1.29 is 19.0 Å². The molecular weight excluding hydrogens is 261 g/mol. The van der Waals surface area contributed by atoms with Crippen LogP contribution in [0.25, 0.3) is 0 Å². The van der Waals surface area contributed by atoms with Gasteiger partial charge in [-0.15, -0.1) is 0 Å². The van der Waals surface area contributed by atoms with Gasteiger partial charge in [0.25, 0.3) is 5.91 Å². The predicted octanol–water partition coefficient (Wildman–Crippen LogP) is 2.56. The number of likely N-dealkylation sites (tertiary alicyclic amines) is 1. The first kappa shape index (κ1) is 14.8. The molecule has 0 aromatic heterocycles. The molecule has 0 bridgehead atoms. The van der Waals surface area contributed by atoms with Gasteiger partial charge in [0.1, 0.15) is 17.1 Å². The van der Waals surface area contributed by atoms with Gasteiger partial charge in [-0.05, 0) is 31.4 Å². The van der Waals surface area contributed by atoms with E-state index in [0.717, 1.165) is 19.3 Å². The SMILES string of the molecule is CCCOC1CCCN(C(=O)c2c(O)cccc2F)C1. The zero-order chi connectivity index (χ0) is 14.5. The zero-order valence-corrected chi connectivity index (χ0v) is 11.6. The number of piperidine rings is 1. The Hall–Kier alpha value is -1.62. The molecule has 0 spiro atoms. The first-order chi connectivity index (χ1) is 9.63. The lowest BCUT2D eigenvalue weighted by molar-refractivity contribution is 0.00186. The van der Waals surface area contributed by atoms with E-state index in [0.29, 0.717) is 19.7 Å². The molecule has 1 aromatic rings. The fourth-order valence-corrected chi connectivity index (χ4v) is 2.43. The summed E-state index contributed by atoms with van der Waals surface area (Å²) in [6, 6.07) is 3.89. The van der Waals surface area contributed by atoms with Crippen LogP contribution in [0.4, 0.5) is 4.39 Å². The number of rotatable bonds is 4. The van der Waals surface area contributed by atoms with Crippen LogP contribution >= 0.6 is 0 Å². The highest BCUT2D eigenvalue weighted by Gasteiger charge is 2.28. The van der Waals surface area contributed by atoms with Crippen LogP contribution in [0.5, 0.6) is 5.75 Å². The average molecular weight is 281 g/mol. The maximum Gasteiger partial charge on any atom is 0.260 e. The fourth-order valence-electron chi connectivity index (χ4n) is 2.43. The molecule has 4 nitrogen and oxygen atoms in total. The van der Waals surface area contributed by atoms with E-state index >= 15 is 0 Å². The van der Waals surface area contributed by atoms with E-state index in [9.17, 15) is 14.3 Å². The van der Waals surface area contributed by atoms with Crippen LogP contribution in [0.1, 0.15) is 36.5 Å². The molecule has 1 atom stereocenters. The summed E-state index contributed by atoms with van der Waals surface area (Å²) in [7, 11) is 0. The topological polar surface area (TPSA) is 49.8 Å². The van der Waals surface area contributed by atoms with Crippen LogP contribution < -0.4 is 0 Å². The second kappa shape index (κ2) is 6.70. The maximum absolute atomic E-state index is 13.7. The summed E-state index contributed by atoms with van der Waals surface area (Å²) in [5, 5.41) is 9.68. The van der Waals surface area contributed by atoms with Crippen molar-refractivity contribution in [2.75, 3.05) is 19.7 Å².